The summed E-state index contributed by atoms with van der Waals surface area (Å²) in [4.78, 5) is 21.7. The quantitative estimate of drug-likeness (QED) is 0.829. The molecular formula is C12H18N4O. The van der Waals surface area contributed by atoms with Crippen LogP contribution in [-0.2, 0) is 0 Å². The maximum atomic E-state index is 12.1. The molecular weight excluding hydrogens is 216 g/mol. The number of aromatic nitrogens is 2. The first-order chi connectivity index (χ1) is 8.31. The summed E-state index contributed by atoms with van der Waals surface area (Å²) in [5.41, 5.74) is 0.583. The lowest BCUT2D eigenvalue weighted by molar-refractivity contribution is 0.0690. The number of piperidine rings is 1. The van der Waals surface area contributed by atoms with Crippen LogP contribution in [0.15, 0.2) is 18.7 Å². The van der Waals surface area contributed by atoms with E-state index in [1.807, 2.05) is 11.9 Å². The third kappa shape index (κ3) is 3.00. The van der Waals surface area contributed by atoms with Gasteiger partial charge in [-0.1, -0.05) is 0 Å². The van der Waals surface area contributed by atoms with E-state index in [-0.39, 0.29) is 5.91 Å². The molecule has 2 heterocycles. The summed E-state index contributed by atoms with van der Waals surface area (Å²) in [5, 5.41) is 3.19. The van der Waals surface area contributed by atoms with Crippen molar-refractivity contribution in [2.75, 3.05) is 26.7 Å². The first kappa shape index (κ1) is 12.0. The van der Waals surface area contributed by atoms with E-state index in [0.29, 0.717) is 11.5 Å². The van der Waals surface area contributed by atoms with Gasteiger partial charge in [0.1, 0.15) is 6.33 Å². The number of nitrogens with zero attached hydrogens (tertiary/aromatic N) is 3. The highest BCUT2D eigenvalue weighted by atomic mass is 16.2. The van der Waals surface area contributed by atoms with Gasteiger partial charge in [-0.15, -0.1) is 0 Å². The molecule has 0 unspecified atom stereocenters. The monoisotopic (exact) mass is 234 g/mol. The number of hydrogen-bond acceptors (Lipinski definition) is 4. The van der Waals surface area contributed by atoms with Crippen molar-refractivity contribution in [1.29, 1.82) is 0 Å². The maximum absolute atomic E-state index is 12.1. The molecule has 0 saturated carbocycles. The predicted molar refractivity (Wildman–Crippen MR) is 64.6 cm³/mol. The first-order valence-electron chi connectivity index (χ1n) is 6.00. The van der Waals surface area contributed by atoms with Crippen molar-refractivity contribution in [1.82, 2.24) is 20.2 Å². The van der Waals surface area contributed by atoms with E-state index in [9.17, 15) is 4.79 Å². The second-order valence-electron chi connectivity index (χ2n) is 4.42. The molecule has 0 radical (unpaired) electrons. The Morgan fingerprint density at radius 3 is 2.65 bits per heavy atom. The Kier molecular flexibility index (Phi) is 4.03. The van der Waals surface area contributed by atoms with Crippen LogP contribution in [0, 0.1) is 5.92 Å². The van der Waals surface area contributed by atoms with Crippen molar-refractivity contribution in [3.05, 3.63) is 24.3 Å². The van der Waals surface area contributed by atoms with Gasteiger partial charge in [0.05, 0.1) is 5.56 Å². The molecule has 2 rings (SSSR count). The molecule has 5 heteroatoms. The van der Waals surface area contributed by atoms with E-state index < -0.39 is 0 Å². The van der Waals surface area contributed by atoms with Gasteiger partial charge >= 0.3 is 0 Å². The zero-order chi connectivity index (χ0) is 12.1. The first-order valence-corrected chi connectivity index (χ1v) is 6.00. The van der Waals surface area contributed by atoms with Gasteiger partial charge in [-0.05, 0) is 32.4 Å². The zero-order valence-electron chi connectivity index (χ0n) is 10.1. The van der Waals surface area contributed by atoms with E-state index in [1.54, 1.807) is 12.4 Å². The Morgan fingerprint density at radius 1 is 1.41 bits per heavy atom. The lowest BCUT2D eigenvalue weighted by atomic mass is 9.96. The fourth-order valence-corrected chi connectivity index (χ4v) is 2.22. The molecule has 17 heavy (non-hydrogen) atoms. The van der Waals surface area contributed by atoms with Crippen LogP contribution in [0.2, 0.25) is 0 Å². The summed E-state index contributed by atoms with van der Waals surface area (Å²) in [5.74, 6) is 0.740. The Morgan fingerprint density at radius 2 is 2.06 bits per heavy atom. The largest absolute Gasteiger partial charge is 0.339 e. The van der Waals surface area contributed by atoms with Gasteiger partial charge in [0.25, 0.3) is 5.91 Å². The van der Waals surface area contributed by atoms with Crippen LogP contribution in [0.25, 0.3) is 0 Å². The molecule has 1 amide bonds. The predicted octanol–water partition coefficient (Wildman–Crippen LogP) is 0.548. The number of likely N-dealkylation sites (tertiary alicyclic amines) is 1. The van der Waals surface area contributed by atoms with Crippen LogP contribution in [0.1, 0.15) is 23.2 Å². The zero-order valence-corrected chi connectivity index (χ0v) is 10.1. The normalized spacial score (nSPS) is 17.1. The second-order valence-corrected chi connectivity index (χ2v) is 4.42. The molecule has 92 valence electrons. The summed E-state index contributed by atoms with van der Waals surface area (Å²) < 4.78 is 0. The molecule has 5 nitrogen and oxygen atoms in total. The number of amides is 1. The van der Waals surface area contributed by atoms with Gasteiger partial charge in [0.2, 0.25) is 0 Å². The van der Waals surface area contributed by atoms with E-state index in [0.717, 1.165) is 32.5 Å². The van der Waals surface area contributed by atoms with E-state index >= 15 is 0 Å². The van der Waals surface area contributed by atoms with Crippen LogP contribution in [0.5, 0.6) is 0 Å². The lowest BCUT2D eigenvalue weighted by Gasteiger charge is -2.31. The minimum absolute atomic E-state index is 0.0495. The molecule has 1 aliphatic heterocycles. The molecule has 1 aromatic rings. The average molecular weight is 234 g/mol. The highest BCUT2D eigenvalue weighted by Crippen LogP contribution is 2.17. The van der Waals surface area contributed by atoms with Gasteiger partial charge < -0.3 is 10.2 Å². The SMILES string of the molecule is CNCC1CCN(C(=O)c2cncnc2)CC1. The molecule has 1 aliphatic rings. The lowest BCUT2D eigenvalue weighted by Crippen LogP contribution is -2.40. The minimum atomic E-state index is 0.0495. The Balaban J connectivity index is 1.91. The Hall–Kier alpha value is -1.49. The molecule has 0 atom stereocenters. The third-order valence-corrected chi connectivity index (χ3v) is 3.20. The minimum Gasteiger partial charge on any atom is -0.339 e. The van der Waals surface area contributed by atoms with Crippen LogP contribution >= 0.6 is 0 Å². The molecule has 1 fully saturated rings. The molecule has 0 spiro atoms. The van der Waals surface area contributed by atoms with Crippen LogP contribution in [0.4, 0.5) is 0 Å². The van der Waals surface area contributed by atoms with Crippen molar-refractivity contribution in [2.24, 2.45) is 5.92 Å². The van der Waals surface area contributed by atoms with Crippen molar-refractivity contribution >= 4 is 5.91 Å². The van der Waals surface area contributed by atoms with Crippen molar-refractivity contribution < 1.29 is 4.79 Å². The summed E-state index contributed by atoms with van der Waals surface area (Å²) in [6.45, 7) is 2.70. The molecule has 0 aliphatic carbocycles. The number of carbonyl (C=O) groups excluding carboxylic acids is 1. The van der Waals surface area contributed by atoms with Crippen LogP contribution < -0.4 is 5.32 Å². The van der Waals surface area contributed by atoms with Gasteiger partial charge in [0.15, 0.2) is 0 Å². The molecule has 1 saturated heterocycles. The van der Waals surface area contributed by atoms with Gasteiger partial charge in [0, 0.05) is 25.5 Å². The van der Waals surface area contributed by atoms with Crippen LogP contribution in [0.3, 0.4) is 0 Å². The van der Waals surface area contributed by atoms with Crippen molar-refractivity contribution in [3.8, 4) is 0 Å². The van der Waals surface area contributed by atoms with E-state index in [1.165, 1.54) is 6.33 Å². The summed E-state index contributed by atoms with van der Waals surface area (Å²) in [6.07, 6.45) is 6.74. The molecule has 1 N–H and O–H groups in total. The van der Waals surface area contributed by atoms with Gasteiger partial charge in [-0.3, -0.25) is 4.79 Å². The standard InChI is InChI=1S/C12H18N4O/c1-13-6-10-2-4-16(5-3-10)12(17)11-7-14-9-15-8-11/h7-10,13H,2-6H2,1H3. The third-order valence-electron chi connectivity index (χ3n) is 3.20. The van der Waals surface area contributed by atoms with Crippen LogP contribution in [-0.4, -0.2) is 47.5 Å². The van der Waals surface area contributed by atoms with E-state index in [4.69, 9.17) is 0 Å². The fourth-order valence-electron chi connectivity index (χ4n) is 2.22. The topological polar surface area (TPSA) is 58.1 Å². The Bertz CT molecular complexity index is 360. The number of hydrogen-bond donors (Lipinski definition) is 1. The maximum Gasteiger partial charge on any atom is 0.256 e. The summed E-state index contributed by atoms with van der Waals surface area (Å²) in [7, 11) is 1.97. The number of carbonyl (C=O) groups is 1. The molecule has 0 aromatic carbocycles. The smallest absolute Gasteiger partial charge is 0.256 e. The molecule has 1 aromatic heterocycles. The number of nitrogens with one attached hydrogen (secondary N) is 1. The highest BCUT2D eigenvalue weighted by Gasteiger charge is 2.23. The average Bonchev–Trinajstić information content (AvgIpc) is 2.40. The van der Waals surface area contributed by atoms with Crippen molar-refractivity contribution in [3.63, 3.8) is 0 Å². The molecule has 0 bridgehead atoms. The summed E-state index contributed by atoms with van der Waals surface area (Å²) in [6, 6.07) is 0. The summed E-state index contributed by atoms with van der Waals surface area (Å²) >= 11 is 0. The second kappa shape index (κ2) is 5.72. The highest BCUT2D eigenvalue weighted by molar-refractivity contribution is 5.93. The fraction of sp³-hybridized carbons (Fsp3) is 0.583. The van der Waals surface area contributed by atoms with Crippen molar-refractivity contribution in [2.45, 2.75) is 12.8 Å². The van der Waals surface area contributed by atoms with Gasteiger partial charge in [-0.25, -0.2) is 9.97 Å². The Labute approximate surface area is 101 Å². The van der Waals surface area contributed by atoms with Gasteiger partial charge in [-0.2, -0.15) is 0 Å². The van der Waals surface area contributed by atoms with E-state index in [2.05, 4.69) is 15.3 Å². The number of rotatable bonds is 3.